The van der Waals surface area contributed by atoms with Gasteiger partial charge in [-0.15, -0.1) is 0 Å². The zero-order valence-corrected chi connectivity index (χ0v) is 13.1. The van der Waals surface area contributed by atoms with Gasteiger partial charge in [0.2, 0.25) is 0 Å². The van der Waals surface area contributed by atoms with Gasteiger partial charge in [0.1, 0.15) is 23.1 Å². The first-order chi connectivity index (χ1) is 11.2. The van der Waals surface area contributed by atoms with E-state index in [1.165, 1.54) is 24.3 Å². The van der Waals surface area contributed by atoms with E-state index in [0.29, 0.717) is 24.7 Å². The molecule has 0 aliphatic rings. The zero-order chi connectivity index (χ0) is 16.3. The Morgan fingerprint density at radius 1 is 0.522 bits per heavy atom. The normalized spacial score (nSPS) is 10.5. The first-order valence-electron chi connectivity index (χ1n) is 8.01. The predicted molar refractivity (Wildman–Crippen MR) is 86.9 cm³/mol. The first kappa shape index (κ1) is 17.3. The number of hydrogen-bond acceptors (Lipinski definition) is 2. The van der Waals surface area contributed by atoms with E-state index < -0.39 is 0 Å². The lowest BCUT2D eigenvalue weighted by Gasteiger charge is -2.07. The van der Waals surface area contributed by atoms with E-state index in [4.69, 9.17) is 9.47 Å². The van der Waals surface area contributed by atoms with Gasteiger partial charge in [-0.05, 0) is 61.4 Å². The number of hydrogen-bond donors (Lipinski definition) is 0. The highest BCUT2D eigenvalue weighted by Gasteiger charge is 1.97. The Balaban J connectivity index is 1.43. The summed E-state index contributed by atoms with van der Waals surface area (Å²) in [5, 5.41) is 0. The van der Waals surface area contributed by atoms with Crippen LogP contribution in [0.3, 0.4) is 0 Å². The summed E-state index contributed by atoms with van der Waals surface area (Å²) in [6.07, 6.45) is 5.28. The van der Waals surface area contributed by atoms with Gasteiger partial charge in [-0.3, -0.25) is 0 Å². The average molecular weight is 320 g/mol. The van der Waals surface area contributed by atoms with Gasteiger partial charge < -0.3 is 9.47 Å². The van der Waals surface area contributed by atoms with Gasteiger partial charge in [0.15, 0.2) is 0 Å². The molecular formula is C19H22F2O2. The van der Waals surface area contributed by atoms with Crippen molar-refractivity contribution in [1.82, 2.24) is 0 Å². The summed E-state index contributed by atoms with van der Waals surface area (Å²) in [6, 6.07) is 12.2. The van der Waals surface area contributed by atoms with E-state index in [2.05, 4.69) is 0 Å². The monoisotopic (exact) mass is 320 g/mol. The average Bonchev–Trinajstić information content (AvgIpc) is 2.56. The van der Waals surface area contributed by atoms with E-state index in [9.17, 15) is 8.78 Å². The van der Waals surface area contributed by atoms with Crippen LogP contribution in [-0.2, 0) is 0 Å². The molecule has 0 saturated carbocycles. The Morgan fingerprint density at radius 3 is 1.26 bits per heavy atom. The molecule has 0 spiro atoms. The third-order valence-corrected chi connectivity index (χ3v) is 3.45. The van der Waals surface area contributed by atoms with Gasteiger partial charge in [-0.25, -0.2) is 8.78 Å². The summed E-state index contributed by atoms with van der Waals surface area (Å²) in [7, 11) is 0. The minimum atomic E-state index is -0.250. The lowest BCUT2D eigenvalue weighted by atomic mass is 10.1. The lowest BCUT2D eigenvalue weighted by molar-refractivity contribution is 0.293. The topological polar surface area (TPSA) is 18.5 Å². The molecule has 4 heteroatoms. The molecule has 2 aromatic rings. The van der Waals surface area contributed by atoms with Gasteiger partial charge >= 0.3 is 0 Å². The Bertz CT molecular complexity index is 501. The zero-order valence-electron chi connectivity index (χ0n) is 13.1. The third-order valence-electron chi connectivity index (χ3n) is 3.45. The molecule has 0 aliphatic carbocycles. The minimum absolute atomic E-state index is 0.250. The van der Waals surface area contributed by atoms with Crippen molar-refractivity contribution in [2.75, 3.05) is 13.2 Å². The van der Waals surface area contributed by atoms with Crippen molar-refractivity contribution in [1.29, 1.82) is 0 Å². The number of ether oxygens (including phenoxy) is 2. The molecular weight excluding hydrogens is 298 g/mol. The molecule has 2 rings (SSSR count). The van der Waals surface area contributed by atoms with Gasteiger partial charge in [-0.2, -0.15) is 0 Å². The Kier molecular flexibility index (Phi) is 7.37. The summed E-state index contributed by atoms with van der Waals surface area (Å²) in [5.41, 5.74) is 0. The molecule has 23 heavy (non-hydrogen) atoms. The smallest absolute Gasteiger partial charge is 0.123 e. The number of benzene rings is 2. The molecule has 0 heterocycles. The van der Waals surface area contributed by atoms with Gasteiger partial charge in [0.05, 0.1) is 13.2 Å². The van der Waals surface area contributed by atoms with Crippen molar-refractivity contribution in [3.8, 4) is 11.5 Å². The summed E-state index contributed by atoms with van der Waals surface area (Å²) in [6.45, 7) is 1.30. The molecule has 0 aliphatic heterocycles. The van der Waals surface area contributed by atoms with Crippen molar-refractivity contribution in [3.63, 3.8) is 0 Å². The van der Waals surface area contributed by atoms with Crippen molar-refractivity contribution < 1.29 is 18.3 Å². The maximum atomic E-state index is 12.7. The van der Waals surface area contributed by atoms with Crippen LogP contribution in [0, 0.1) is 11.6 Å². The molecule has 0 unspecified atom stereocenters. The van der Waals surface area contributed by atoms with Crippen LogP contribution < -0.4 is 9.47 Å². The fourth-order valence-electron chi connectivity index (χ4n) is 2.18. The van der Waals surface area contributed by atoms with Crippen LogP contribution in [0.15, 0.2) is 48.5 Å². The lowest BCUT2D eigenvalue weighted by Crippen LogP contribution is -1.99. The van der Waals surface area contributed by atoms with E-state index in [1.807, 2.05) is 0 Å². The molecule has 0 aromatic heterocycles. The fraction of sp³-hybridized carbons (Fsp3) is 0.368. The Labute approximate surface area is 136 Å². The molecule has 0 amide bonds. The summed E-state index contributed by atoms with van der Waals surface area (Å²) < 4.78 is 36.5. The summed E-state index contributed by atoms with van der Waals surface area (Å²) in [5.74, 6) is 0.915. The van der Waals surface area contributed by atoms with Crippen molar-refractivity contribution in [2.45, 2.75) is 32.1 Å². The fourth-order valence-corrected chi connectivity index (χ4v) is 2.18. The molecule has 2 aromatic carbocycles. The number of halogens is 2. The van der Waals surface area contributed by atoms with Crippen LogP contribution in [0.2, 0.25) is 0 Å². The molecule has 0 radical (unpaired) electrons. The second-order valence-corrected chi connectivity index (χ2v) is 5.37. The molecule has 0 atom stereocenters. The van der Waals surface area contributed by atoms with Crippen molar-refractivity contribution in [3.05, 3.63) is 60.2 Å². The minimum Gasteiger partial charge on any atom is -0.494 e. The molecule has 0 saturated heterocycles. The highest BCUT2D eigenvalue weighted by atomic mass is 19.1. The van der Waals surface area contributed by atoms with E-state index >= 15 is 0 Å². The summed E-state index contributed by atoms with van der Waals surface area (Å²) >= 11 is 0. The second kappa shape index (κ2) is 9.82. The molecule has 2 nitrogen and oxygen atoms in total. The highest BCUT2D eigenvalue weighted by molar-refractivity contribution is 5.22. The molecule has 0 N–H and O–H groups in total. The standard InChI is InChI=1S/C19H22F2O2/c20-16-6-10-18(11-7-16)22-14-4-2-1-3-5-15-23-19-12-8-17(21)9-13-19/h6-13H,1-5,14-15H2. The van der Waals surface area contributed by atoms with Crippen LogP contribution >= 0.6 is 0 Å². The SMILES string of the molecule is Fc1ccc(OCCCCCCCOc2ccc(F)cc2)cc1. The maximum absolute atomic E-state index is 12.7. The maximum Gasteiger partial charge on any atom is 0.123 e. The first-order valence-corrected chi connectivity index (χ1v) is 8.01. The summed E-state index contributed by atoms with van der Waals surface area (Å²) in [4.78, 5) is 0. The Morgan fingerprint density at radius 2 is 0.870 bits per heavy atom. The molecule has 0 bridgehead atoms. The second-order valence-electron chi connectivity index (χ2n) is 5.37. The quantitative estimate of drug-likeness (QED) is 0.548. The van der Waals surface area contributed by atoms with Gasteiger partial charge in [0.25, 0.3) is 0 Å². The van der Waals surface area contributed by atoms with Crippen molar-refractivity contribution in [2.24, 2.45) is 0 Å². The number of rotatable bonds is 10. The van der Waals surface area contributed by atoms with Crippen LogP contribution in [0.1, 0.15) is 32.1 Å². The van der Waals surface area contributed by atoms with E-state index in [1.54, 1.807) is 24.3 Å². The van der Waals surface area contributed by atoms with E-state index in [0.717, 1.165) is 32.1 Å². The van der Waals surface area contributed by atoms with Gasteiger partial charge in [-0.1, -0.05) is 19.3 Å². The highest BCUT2D eigenvalue weighted by Crippen LogP contribution is 2.13. The van der Waals surface area contributed by atoms with Gasteiger partial charge in [0, 0.05) is 0 Å². The van der Waals surface area contributed by atoms with E-state index in [-0.39, 0.29) is 11.6 Å². The van der Waals surface area contributed by atoms with Crippen LogP contribution in [0.4, 0.5) is 8.78 Å². The van der Waals surface area contributed by atoms with Crippen molar-refractivity contribution >= 4 is 0 Å². The Hall–Kier alpha value is -2.10. The van der Waals surface area contributed by atoms with Crippen LogP contribution in [-0.4, -0.2) is 13.2 Å². The van der Waals surface area contributed by atoms with Crippen LogP contribution in [0.25, 0.3) is 0 Å². The predicted octanol–water partition coefficient (Wildman–Crippen LogP) is 5.37. The largest absolute Gasteiger partial charge is 0.494 e. The number of unbranched alkanes of at least 4 members (excludes halogenated alkanes) is 4. The molecule has 0 fully saturated rings. The third kappa shape index (κ3) is 7.13. The van der Waals surface area contributed by atoms with Crippen LogP contribution in [0.5, 0.6) is 11.5 Å². The molecule has 124 valence electrons.